The second-order valence-electron chi connectivity index (χ2n) is 8.20. The van der Waals surface area contributed by atoms with Gasteiger partial charge in [-0.1, -0.05) is 12.1 Å². The maximum atomic E-state index is 9.93. The van der Waals surface area contributed by atoms with Gasteiger partial charge in [0.1, 0.15) is 30.1 Å². The van der Waals surface area contributed by atoms with Crippen LogP contribution in [0.25, 0.3) is 11.4 Å². The van der Waals surface area contributed by atoms with Crippen LogP contribution in [-0.2, 0) is 9.47 Å². The van der Waals surface area contributed by atoms with Crippen molar-refractivity contribution >= 4 is 11.6 Å². The number of rotatable bonds is 9. The Kier molecular flexibility index (Phi) is 7.75. The first-order valence-corrected chi connectivity index (χ1v) is 11.3. The average Bonchev–Trinajstić information content (AvgIpc) is 3.33. The summed E-state index contributed by atoms with van der Waals surface area (Å²) in [6, 6.07) is 7.94. The van der Waals surface area contributed by atoms with Crippen LogP contribution in [0.5, 0.6) is 5.75 Å². The average molecular weight is 444 g/mol. The van der Waals surface area contributed by atoms with E-state index in [1.165, 1.54) is 0 Å². The first-order valence-electron chi connectivity index (χ1n) is 11.3. The molecule has 0 spiro atoms. The molecule has 2 aliphatic rings. The zero-order valence-corrected chi connectivity index (χ0v) is 18.8. The number of aromatic nitrogens is 2. The first kappa shape index (κ1) is 22.7. The molecule has 4 rings (SSSR count). The molecule has 3 heterocycles. The highest BCUT2D eigenvalue weighted by Gasteiger charge is 2.23. The number of nitrogens with zero attached hydrogens (tertiary/aromatic N) is 3. The molecule has 9 nitrogen and oxygen atoms in total. The lowest BCUT2D eigenvalue weighted by atomic mass is 10.1. The maximum Gasteiger partial charge on any atom is 0.164 e. The van der Waals surface area contributed by atoms with Gasteiger partial charge in [0.2, 0.25) is 0 Å². The van der Waals surface area contributed by atoms with Crippen molar-refractivity contribution in [3.63, 3.8) is 0 Å². The molecule has 2 fully saturated rings. The number of ether oxygens (including phenoxy) is 3. The summed E-state index contributed by atoms with van der Waals surface area (Å²) in [5, 5.41) is 16.4. The van der Waals surface area contributed by atoms with Gasteiger partial charge in [0.15, 0.2) is 5.82 Å². The normalized spacial score (nSPS) is 19.7. The Morgan fingerprint density at radius 1 is 1.22 bits per heavy atom. The van der Waals surface area contributed by atoms with E-state index in [4.69, 9.17) is 24.2 Å². The summed E-state index contributed by atoms with van der Waals surface area (Å²) in [7, 11) is 1.80. The van der Waals surface area contributed by atoms with Crippen LogP contribution in [0.3, 0.4) is 0 Å². The lowest BCUT2D eigenvalue weighted by Crippen LogP contribution is -2.37. The van der Waals surface area contributed by atoms with E-state index in [0.717, 1.165) is 48.9 Å². The molecule has 1 unspecified atom stereocenters. The van der Waals surface area contributed by atoms with Crippen LogP contribution >= 0.6 is 0 Å². The van der Waals surface area contributed by atoms with Gasteiger partial charge in [0.25, 0.3) is 0 Å². The summed E-state index contributed by atoms with van der Waals surface area (Å²) in [5.74, 6) is 3.08. The molecule has 2 aliphatic heterocycles. The summed E-state index contributed by atoms with van der Waals surface area (Å²) < 4.78 is 16.9. The molecule has 0 radical (unpaired) electrons. The molecule has 3 N–H and O–H groups in total. The fourth-order valence-electron chi connectivity index (χ4n) is 3.91. The number of anilines is 2. The number of morpholine rings is 1. The van der Waals surface area contributed by atoms with Crippen molar-refractivity contribution in [2.24, 2.45) is 0 Å². The van der Waals surface area contributed by atoms with Crippen LogP contribution in [0.15, 0.2) is 24.3 Å². The molecule has 0 bridgehead atoms. The van der Waals surface area contributed by atoms with E-state index < -0.39 is 6.10 Å². The third-order valence-corrected chi connectivity index (χ3v) is 5.68. The van der Waals surface area contributed by atoms with Crippen LogP contribution < -0.4 is 20.3 Å². The topological polar surface area (TPSA) is 101 Å². The van der Waals surface area contributed by atoms with Gasteiger partial charge < -0.3 is 34.9 Å². The van der Waals surface area contributed by atoms with Crippen molar-refractivity contribution in [2.45, 2.75) is 25.5 Å². The minimum absolute atomic E-state index is 0.215. The predicted octanol–water partition coefficient (Wildman–Crippen LogP) is 1.45. The largest absolute Gasteiger partial charge is 0.491 e. The van der Waals surface area contributed by atoms with Crippen molar-refractivity contribution in [2.75, 3.05) is 69.9 Å². The van der Waals surface area contributed by atoms with Crippen molar-refractivity contribution in [1.82, 2.24) is 15.3 Å². The molecule has 2 saturated heterocycles. The van der Waals surface area contributed by atoms with Gasteiger partial charge in [-0.25, -0.2) is 9.97 Å². The molecular formula is C23H33N5O4. The van der Waals surface area contributed by atoms with Gasteiger partial charge in [-0.2, -0.15) is 0 Å². The van der Waals surface area contributed by atoms with E-state index in [2.05, 4.69) is 22.5 Å². The third-order valence-electron chi connectivity index (χ3n) is 5.68. The number of likely N-dealkylation sites (N-methyl/N-ethyl adjacent to an activating group) is 1. The Morgan fingerprint density at radius 2 is 2.06 bits per heavy atom. The van der Waals surface area contributed by atoms with Crippen molar-refractivity contribution < 1.29 is 19.3 Å². The molecule has 2 atom stereocenters. The van der Waals surface area contributed by atoms with Gasteiger partial charge in [-0.3, -0.25) is 0 Å². The summed E-state index contributed by atoms with van der Waals surface area (Å²) in [4.78, 5) is 12.1. The lowest BCUT2D eigenvalue weighted by molar-refractivity contribution is 0.108. The lowest BCUT2D eigenvalue weighted by Gasteiger charge is -2.30. The highest BCUT2D eigenvalue weighted by atomic mass is 16.5. The summed E-state index contributed by atoms with van der Waals surface area (Å²) in [5.41, 5.74) is 1.90. The van der Waals surface area contributed by atoms with Crippen molar-refractivity contribution in [1.29, 1.82) is 0 Å². The summed E-state index contributed by atoms with van der Waals surface area (Å²) >= 11 is 0. The van der Waals surface area contributed by atoms with Gasteiger partial charge in [0.05, 0.1) is 25.9 Å². The molecule has 0 amide bonds. The van der Waals surface area contributed by atoms with Gasteiger partial charge >= 0.3 is 0 Å². The quantitative estimate of drug-likeness (QED) is 0.532. The Labute approximate surface area is 189 Å². The summed E-state index contributed by atoms with van der Waals surface area (Å²) in [6.45, 7) is 7.19. The molecule has 0 saturated carbocycles. The number of aliphatic hydroxyl groups is 1. The Morgan fingerprint density at radius 3 is 2.81 bits per heavy atom. The minimum Gasteiger partial charge on any atom is -0.491 e. The van der Waals surface area contributed by atoms with Crippen LogP contribution in [0, 0.1) is 6.92 Å². The standard InChI is InChI=1S/C23H33N5O4/c1-16-21(25-18-6-9-31-14-18)26-22(27-23(16)28-7-10-30-11-8-28)17-4-3-5-20(12-17)32-15-19(29)13-24-2/h3-5,12,18-19,24,29H,6-11,13-15H2,1-2H3,(H,25,26,27)/t18-,19?/m1/s1. The Hall–Kier alpha value is -2.46. The van der Waals surface area contributed by atoms with Crippen molar-refractivity contribution in [3.8, 4) is 17.1 Å². The number of aliphatic hydroxyl groups excluding tert-OH is 1. The van der Waals surface area contributed by atoms with Gasteiger partial charge in [0, 0.05) is 37.4 Å². The van der Waals surface area contributed by atoms with Crippen LogP contribution in [0.1, 0.15) is 12.0 Å². The van der Waals surface area contributed by atoms with E-state index in [-0.39, 0.29) is 12.6 Å². The summed E-state index contributed by atoms with van der Waals surface area (Å²) in [6.07, 6.45) is 0.390. The zero-order chi connectivity index (χ0) is 22.3. The SMILES string of the molecule is CNCC(O)COc1cccc(-c2nc(N[C@@H]3CCOC3)c(C)c(N3CCOCC3)n2)c1. The molecule has 2 aromatic rings. The molecule has 0 aliphatic carbocycles. The highest BCUT2D eigenvalue weighted by Crippen LogP contribution is 2.30. The van der Waals surface area contributed by atoms with E-state index in [1.807, 2.05) is 24.3 Å². The maximum absolute atomic E-state index is 9.93. The van der Waals surface area contributed by atoms with Crippen LogP contribution in [-0.4, -0.2) is 86.9 Å². The smallest absolute Gasteiger partial charge is 0.164 e. The zero-order valence-electron chi connectivity index (χ0n) is 18.8. The van der Waals surface area contributed by atoms with Crippen LogP contribution in [0.2, 0.25) is 0 Å². The van der Waals surface area contributed by atoms with E-state index >= 15 is 0 Å². The van der Waals surface area contributed by atoms with Crippen LogP contribution in [0.4, 0.5) is 11.6 Å². The number of benzene rings is 1. The molecule has 1 aromatic heterocycles. The molecule has 1 aromatic carbocycles. The monoisotopic (exact) mass is 443 g/mol. The van der Waals surface area contributed by atoms with E-state index in [1.54, 1.807) is 7.05 Å². The van der Waals surface area contributed by atoms with E-state index in [0.29, 0.717) is 37.9 Å². The molecule has 174 valence electrons. The molecule has 9 heteroatoms. The minimum atomic E-state index is -0.573. The number of hydrogen-bond donors (Lipinski definition) is 3. The second kappa shape index (κ2) is 10.9. The molecule has 32 heavy (non-hydrogen) atoms. The van der Waals surface area contributed by atoms with E-state index in [9.17, 15) is 5.11 Å². The Balaban J connectivity index is 1.62. The highest BCUT2D eigenvalue weighted by molar-refractivity contribution is 5.67. The second-order valence-corrected chi connectivity index (χ2v) is 8.20. The predicted molar refractivity (Wildman–Crippen MR) is 124 cm³/mol. The fraction of sp³-hybridized carbons (Fsp3) is 0.565. The third kappa shape index (κ3) is 5.66. The number of nitrogens with one attached hydrogen (secondary N) is 2. The van der Waals surface area contributed by atoms with Gasteiger partial charge in [-0.15, -0.1) is 0 Å². The van der Waals surface area contributed by atoms with Crippen molar-refractivity contribution in [3.05, 3.63) is 29.8 Å². The Bertz CT molecular complexity index is 885. The first-order chi connectivity index (χ1) is 15.6. The number of hydrogen-bond acceptors (Lipinski definition) is 9. The fourth-order valence-corrected chi connectivity index (χ4v) is 3.91. The molecular weight excluding hydrogens is 410 g/mol. The van der Waals surface area contributed by atoms with Gasteiger partial charge in [-0.05, 0) is 32.5 Å².